The molecule has 144 valence electrons. The Morgan fingerprint density at radius 1 is 1.15 bits per heavy atom. The normalized spacial score (nSPS) is 13.4. The summed E-state index contributed by atoms with van der Waals surface area (Å²) in [5.41, 5.74) is 2.36. The Morgan fingerprint density at radius 3 is 2.46 bits per heavy atom. The van der Waals surface area contributed by atoms with Crippen molar-refractivity contribution in [3.8, 4) is 0 Å². The van der Waals surface area contributed by atoms with Crippen molar-refractivity contribution >= 4 is 24.2 Å². The van der Waals surface area contributed by atoms with Crippen LogP contribution in [0, 0.1) is 0 Å². The SMILES string of the molecule is CCCN(CCC)C(=O)c1cccc(C(=O)NCC2=CCNCC2)c1.Cl. The molecule has 0 fully saturated rings. The molecule has 1 aliphatic heterocycles. The second kappa shape index (κ2) is 11.7. The Labute approximate surface area is 162 Å². The van der Waals surface area contributed by atoms with E-state index in [1.165, 1.54) is 5.57 Å². The number of carbonyl (C=O) groups is 2. The quantitative estimate of drug-likeness (QED) is 0.682. The van der Waals surface area contributed by atoms with Gasteiger partial charge in [-0.2, -0.15) is 0 Å². The Kier molecular flexibility index (Phi) is 9.99. The van der Waals surface area contributed by atoms with Crippen LogP contribution in [0.2, 0.25) is 0 Å². The van der Waals surface area contributed by atoms with Crippen molar-refractivity contribution in [1.82, 2.24) is 15.5 Å². The largest absolute Gasteiger partial charge is 0.348 e. The third-order valence-electron chi connectivity index (χ3n) is 4.28. The van der Waals surface area contributed by atoms with Crippen LogP contribution in [0.1, 0.15) is 53.8 Å². The lowest BCUT2D eigenvalue weighted by Crippen LogP contribution is -2.33. The zero-order valence-corrected chi connectivity index (χ0v) is 16.5. The van der Waals surface area contributed by atoms with Crippen LogP contribution >= 0.6 is 12.4 Å². The lowest BCUT2D eigenvalue weighted by atomic mass is 10.1. The summed E-state index contributed by atoms with van der Waals surface area (Å²) in [7, 11) is 0. The van der Waals surface area contributed by atoms with E-state index >= 15 is 0 Å². The van der Waals surface area contributed by atoms with E-state index in [-0.39, 0.29) is 24.2 Å². The predicted molar refractivity (Wildman–Crippen MR) is 108 cm³/mol. The monoisotopic (exact) mass is 379 g/mol. The number of halogens is 1. The Hall–Kier alpha value is -1.85. The Morgan fingerprint density at radius 2 is 1.85 bits per heavy atom. The standard InChI is InChI=1S/C20H29N3O2.ClH/c1-3-12-23(13-4-2)20(25)18-7-5-6-17(14-18)19(24)22-15-16-8-10-21-11-9-16;/h5-8,14,21H,3-4,9-13,15H2,1-2H3,(H,22,24);1H. The maximum absolute atomic E-state index is 12.7. The second-order valence-electron chi connectivity index (χ2n) is 6.37. The molecule has 26 heavy (non-hydrogen) atoms. The Balaban J connectivity index is 0.00000338. The van der Waals surface area contributed by atoms with Crippen LogP contribution in [0.5, 0.6) is 0 Å². The highest BCUT2D eigenvalue weighted by Crippen LogP contribution is 2.11. The molecule has 0 unspecified atom stereocenters. The van der Waals surface area contributed by atoms with E-state index in [4.69, 9.17) is 0 Å². The number of nitrogens with one attached hydrogen (secondary N) is 2. The summed E-state index contributed by atoms with van der Waals surface area (Å²) in [6.45, 7) is 7.99. The summed E-state index contributed by atoms with van der Waals surface area (Å²) in [4.78, 5) is 26.9. The molecule has 0 atom stereocenters. The van der Waals surface area contributed by atoms with Gasteiger partial charge in [-0.15, -0.1) is 12.4 Å². The van der Waals surface area contributed by atoms with Gasteiger partial charge in [0.15, 0.2) is 0 Å². The molecule has 5 nitrogen and oxygen atoms in total. The van der Waals surface area contributed by atoms with Crippen molar-refractivity contribution < 1.29 is 9.59 Å². The van der Waals surface area contributed by atoms with E-state index in [0.29, 0.717) is 17.7 Å². The molecule has 1 aliphatic rings. The lowest BCUT2D eigenvalue weighted by molar-refractivity contribution is 0.0755. The summed E-state index contributed by atoms with van der Waals surface area (Å²) in [5.74, 6) is -0.133. The minimum atomic E-state index is -0.133. The molecule has 2 rings (SSSR count). The molecule has 0 spiro atoms. The molecule has 6 heteroatoms. The number of amides is 2. The first-order chi connectivity index (χ1) is 12.2. The van der Waals surface area contributed by atoms with Crippen LogP contribution in [0.15, 0.2) is 35.9 Å². The smallest absolute Gasteiger partial charge is 0.253 e. The van der Waals surface area contributed by atoms with Gasteiger partial charge in [0.1, 0.15) is 0 Å². The average molecular weight is 380 g/mol. The number of nitrogens with zero attached hydrogens (tertiary/aromatic N) is 1. The summed E-state index contributed by atoms with van der Waals surface area (Å²) >= 11 is 0. The fourth-order valence-electron chi connectivity index (χ4n) is 2.96. The van der Waals surface area contributed by atoms with Crippen molar-refractivity contribution in [2.45, 2.75) is 33.1 Å². The van der Waals surface area contributed by atoms with Gasteiger partial charge in [0, 0.05) is 37.3 Å². The molecule has 2 N–H and O–H groups in total. The lowest BCUT2D eigenvalue weighted by Gasteiger charge is -2.21. The van der Waals surface area contributed by atoms with Crippen molar-refractivity contribution in [2.75, 3.05) is 32.7 Å². The molecule has 0 bridgehead atoms. The van der Waals surface area contributed by atoms with Crippen molar-refractivity contribution in [1.29, 1.82) is 0 Å². The molecule has 0 saturated heterocycles. The van der Waals surface area contributed by atoms with Crippen molar-refractivity contribution in [2.24, 2.45) is 0 Å². The topological polar surface area (TPSA) is 61.4 Å². The molecule has 1 heterocycles. The predicted octanol–water partition coefficient (Wildman–Crippen LogP) is 3.02. The van der Waals surface area contributed by atoms with Gasteiger partial charge in [-0.1, -0.05) is 31.6 Å². The maximum atomic E-state index is 12.7. The summed E-state index contributed by atoms with van der Waals surface area (Å²) in [6, 6.07) is 7.02. The van der Waals surface area contributed by atoms with Gasteiger partial charge in [-0.25, -0.2) is 0 Å². The molecule has 0 aromatic heterocycles. The van der Waals surface area contributed by atoms with Crippen LogP contribution in [0.3, 0.4) is 0 Å². The first-order valence-corrected chi connectivity index (χ1v) is 9.21. The molecule has 1 aromatic carbocycles. The zero-order chi connectivity index (χ0) is 18.1. The summed E-state index contributed by atoms with van der Waals surface area (Å²) in [5, 5.41) is 6.21. The van der Waals surface area contributed by atoms with Gasteiger partial charge in [-0.3, -0.25) is 9.59 Å². The van der Waals surface area contributed by atoms with E-state index in [2.05, 4.69) is 30.6 Å². The third kappa shape index (κ3) is 6.46. The summed E-state index contributed by atoms with van der Waals surface area (Å²) < 4.78 is 0. The van der Waals surface area contributed by atoms with E-state index in [1.54, 1.807) is 24.3 Å². The first-order valence-electron chi connectivity index (χ1n) is 9.21. The van der Waals surface area contributed by atoms with Gasteiger partial charge in [0.25, 0.3) is 11.8 Å². The molecule has 1 aromatic rings. The highest BCUT2D eigenvalue weighted by atomic mass is 35.5. The molecule has 2 amide bonds. The fraction of sp³-hybridized carbons (Fsp3) is 0.500. The molecule has 0 aliphatic carbocycles. The van der Waals surface area contributed by atoms with Crippen LogP contribution in [-0.2, 0) is 0 Å². The maximum Gasteiger partial charge on any atom is 0.253 e. The fourth-order valence-corrected chi connectivity index (χ4v) is 2.96. The highest BCUT2D eigenvalue weighted by molar-refractivity contribution is 5.99. The van der Waals surface area contributed by atoms with E-state index < -0.39 is 0 Å². The van der Waals surface area contributed by atoms with Gasteiger partial charge in [0.05, 0.1) is 0 Å². The van der Waals surface area contributed by atoms with Crippen molar-refractivity contribution in [3.63, 3.8) is 0 Å². The molecule has 0 saturated carbocycles. The number of benzene rings is 1. The van der Waals surface area contributed by atoms with Crippen LogP contribution in [-0.4, -0.2) is 49.4 Å². The third-order valence-corrected chi connectivity index (χ3v) is 4.28. The molecule has 0 radical (unpaired) electrons. The van der Waals surface area contributed by atoms with Gasteiger partial charge < -0.3 is 15.5 Å². The van der Waals surface area contributed by atoms with E-state index in [0.717, 1.165) is 45.4 Å². The van der Waals surface area contributed by atoms with Gasteiger partial charge in [0.2, 0.25) is 0 Å². The highest BCUT2D eigenvalue weighted by Gasteiger charge is 2.16. The van der Waals surface area contributed by atoms with Crippen LogP contribution < -0.4 is 10.6 Å². The minimum absolute atomic E-state index is 0. The number of hydrogen-bond acceptors (Lipinski definition) is 3. The van der Waals surface area contributed by atoms with E-state index in [1.807, 2.05) is 4.90 Å². The van der Waals surface area contributed by atoms with E-state index in [9.17, 15) is 9.59 Å². The first kappa shape index (κ1) is 22.2. The molecular weight excluding hydrogens is 350 g/mol. The van der Waals surface area contributed by atoms with Crippen molar-refractivity contribution in [3.05, 3.63) is 47.0 Å². The van der Waals surface area contributed by atoms with Gasteiger partial charge >= 0.3 is 0 Å². The molecular formula is C20H30ClN3O2. The number of hydrogen-bond donors (Lipinski definition) is 2. The van der Waals surface area contributed by atoms with Crippen LogP contribution in [0.25, 0.3) is 0 Å². The second-order valence-corrected chi connectivity index (χ2v) is 6.37. The summed E-state index contributed by atoms with van der Waals surface area (Å²) in [6.07, 6.45) is 4.94. The number of carbonyl (C=O) groups excluding carboxylic acids is 2. The zero-order valence-electron chi connectivity index (χ0n) is 15.7. The Bertz CT molecular complexity index is 625. The minimum Gasteiger partial charge on any atom is -0.348 e. The van der Waals surface area contributed by atoms with Crippen LogP contribution in [0.4, 0.5) is 0 Å². The van der Waals surface area contributed by atoms with Gasteiger partial charge in [-0.05, 0) is 44.0 Å². The average Bonchev–Trinajstić information content (AvgIpc) is 2.66. The number of rotatable bonds is 8.